The summed E-state index contributed by atoms with van der Waals surface area (Å²) in [4.78, 5) is 10.4. The third-order valence-electron chi connectivity index (χ3n) is 1.59. The van der Waals surface area contributed by atoms with Gasteiger partial charge in [0.15, 0.2) is 0 Å². The van der Waals surface area contributed by atoms with Crippen LogP contribution in [0.4, 0.5) is 13.2 Å². The lowest BCUT2D eigenvalue weighted by Gasteiger charge is -2.10. The lowest BCUT2D eigenvalue weighted by molar-refractivity contribution is -0.173. The summed E-state index contributed by atoms with van der Waals surface area (Å²) in [6.45, 7) is 1.61. The van der Waals surface area contributed by atoms with Crippen molar-refractivity contribution in [2.24, 2.45) is 5.92 Å². The predicted octanol–water partition coefficient (Wildman–Crippen LogP) is 2.05. The number of terminal acetylenes is 1. The number of halogens is 3. The summed E-state index contributed by atoms with van der Waals surface area (Å²) >= 11 is 0. The first-order chi connectivity index (χ1) is 7.38. The lowest BCUT2D eigenvalue weighted by Crippen LogP contribution is -2.38. The van der Waals surface area contributed by atoms with Crippen molar-refractivity contribution in [3.05, 3.63) is 24.3 Å². The summed E-state index contributed by atoms with van der Waals surface area (Å²) in [6, 6.07) is 0. The van der Waals surface area contributed by atoms with E-state index in [1.54, 1.807) is 30.5 Å². The minimum atomic E-state index is -4.83. The molecule has 1 atom stereocenters. The zero-order chi connectivity index (χ0) is 12.6. The highest BCUT2D eigenvalue weighted by molar-refractivity contribution is 5.81. The first kappa shape index (κ1) is 14.3. The van der Waals surface area contributed by atoms with Crippen molar-refractivity contribution in [3.8, 4) is 12.3 Å². The summed E-state index contributed by atoms with van der Waals surface area (Å²) in [5, 5.41) is 1.78. The van der Waals surface area contributed by atoms with Crippen LogP contribution in [-0.2, 0) is 4.79 Å². The normalized spacial score (nSPS) is 13.9. The van der Waals surface area contributed by atoms with Crippen LogP contribution in [-0.4, -0.2) is 18.6 Å². The van der Waals surface area contributed by atoms with Gasteiger partial charge in [0, 0.05) is 6.54 Å². The van der Waals surface area contributed by atoms with Crippen LogP contribution >= 0.6 is 0 Å². The molecule has 16 heavy (non-hydrogen) atoms. The van der Waals surface area contributed by atoms with E-state index in [2.05, 4.69) is 5.92 Å². The van der Waals surface area contributed by atoms with Gasteiger partial charge in [-0.1, -0.05) is 31.1 Å². The van der Waals surface area contributed by atoms with E-state index in [0.717, 1.165) is 0 Å². The second kappa shape index (κ2) is 6.72. The molecule has 0 bridgehead atoms. The van der Waals surface area contributed by atoms with Crippen molar-refractivity contribution < 1.29 is 18.0 Å². The molecule has 0 aliphatic heterocycles. The van der Waals surface area contributed by atoms with Gasteiger partial charge in [-0.2, -0.15) is 13.2 Å². The zero-order valence-electron chi connectivity index (χ0n) is 8.71. The van der Waals surface area contributed by atoms with Gasteiger partial charge in [-0.15, -0.1) is 6.42 Å². The molecule has 0 aliphatic carbocycles. The van der Waals surface area contributed by atoms with E-state index in [-0.39, 0.29) is 12.5 Å². The highest BCUT2D eigenvalue weighted by atomic mass is 19.4. The molecular formula is C11H12F3NO. The van der Waals surface area contributed by atoms with Crippen LogP contribution in [0.15, 0.2) is 24.3 Å². The molecule has 0 aliphatic rings. The molecule has 0 aromatic heterocycles. The van der Waals surface area contributed by atoms with Crippen molar-refractivity contribution in [1.82, 2.24) is 5.32 Å². The fraction of sp³-hybridized carbons (Fsp3) is 0.364. The Balaban J connectivity index is 3.96. The maximum absolute atomic E-state index is 11.8. The monoisotopic (exact) mass is 231 g/mol. The molecule has 0 spiro atoms. The van der Waals surface area contributed by atoms with Crippen molar-refractivity contribution in [2.75, 3.05) is 6.54 Å². The van der Waals surface area contributed by atoms with Crippen LogP contribution in [0.2, 0.25) is 0 Å². The van der Waals surface area contributed by atoms with Crippen molar-refractivity contribution in [1.29, 1.82) is 0 Å². The van der Waals surface area contributed by atoms with Gasteiger partial charge in [0.05, 0.1) is 0 Å². The van der Waals surface area contributed by atoms with Crippen LogP contribution in [0.3, 0.4) is 0 Å². The maximum atomic E-state index is 11.8. The third-order valence-corrected chi connectivity index (χ3v) is 1.59. The van der Waals surface area contributed by atoms with E-state index >= 15 is 0 Å². The van der Waals surface area contributed by atoms with Crippen LogP contribution in [0, 0.1) is 18.3 Å². The molecule has 0 unspecified atom stereocenters. The van der Waals surface area contributed by atoms with E-state index < -0.39 is 12.1 Å². The maximum Gasteiger partial charge on any atom is 0.471 e. The van der Waals surface area contributed by atoms with E-state index in [0.29, 0.717) is 0 Å². The highest BCUT2D eigenvalue weighted by Gasteiger charge is 2.38. The number of amides is 1. The molecule has 0 radical (unpaired) electrons. The van der Waals surface area contributed by atoms with Gasteiger partial charge in [-0.25, -0.2) is 0 Å². The molecule has 2 nitrogen and oxygen atoms in total. The van der Waals surface area contributed by atoms with E-state index in [1.807, 2.05) is 0 Å². The van der Waals surface area contributed by atoms with Crippen LogP contribution in [0.5, 0.6) is 0 Å². The lowest BCUT2D eigenvalue weighted by atomic mass is 10.1. The van der Waals surface area contributed by atoms with Gasteiger partial charge in [0.25, 0.3) is 0 Å². The molecule has 0 rings (SSSR count). The summed E-state index contributed by atoms with van der Waals surface area (Å²) in [5.41, 5.74) is 0. The third kappa shape index (κ3) is 6.71. The number of hydrogen-bond donors (Lipinski definition) is 1. The Morgan fingerprint density at radius 3 is 2.62 bits per heavy atom. The molecule has 0 saturated heterocycles. The molecule has 0 aromatic rings. The molecule has 0 aromatic carbocycles. The second-order valence-corrected chi connectivity index (χ2v) is 3.10. The number of alkyl halides is 3. The van der Waals surface area contributed by atoms with Crippen LogP contribution in [0.1, 0.15) is 6.92 Å². The fourth-order valence-corrected chi connectivity index (χ4v) is 0.787. The Morgan fingerprint density at radius 1 is 1.50 bits per heavy atom. The first-order valence-corrected chi connectivity index (χ1v) is 4.52. The predicted molar refractivity (Wildman–Crippen MR) is 55.3 cm³/mol. The molecule has 1 N–H and O–H groups in total. The second-order valence-electron chi connectivity index (χ2n) is 3.10. The Labute approximate surface area is 92.2 Å². The number of carbonyl (C=O) groups is 1. The topological polar surface area (TPSA) is 29.1 Å². The smallest absolute Gasteiger partial charge is 0.348 e. The van der Waals surface area contributed by atoms with Gasteiger partial charge >= 0.3 is 12.1 Å². The van der Waals surface area contributed by atoms with Crippen LogP contribution < -0.4 is 5.32 Å². The molecule has 1 amide bonds. The minimum absolute atomic E-state index is 0.0707. The average Bonchev–Trinajstić information content (AvgIpc) is 2.19. The molecule has 0 saturated carbocycles. The molecule has 88 valence electrons. The fourth-order valence-electron chi connectivity index (χ4n) is 0.787. The number of nitrogens with one attached hydrogen (secondary N) is 1. The zero-order valence-corrected chi connectivity index (χ0v) is 8.71. The van der Waals surface area contributed by atoms with E-state index in [9.17, 15) is 18.0 Å². The SMILES string of the molecule is C#C/C=C/C=C/[C@@H](C)CNC(=O)C(F)(F)F. The number of rotatable bonds is 4. The Bertz CT molecular complexity index is 323. The largest absolute Gasteiger partial charge is 0.471 e. The molecular weight excluding hydrogens is 219 g/mol. The number of allylic oxidation sites excluding steroid dienone is 3. The Morgan fingerprint density at radius 2 is 2.12 bits per heavy atom. The van der Waals surface area contributed by atoms with E-state index in [4.69, 9.17) is 6.42 Å². The molecule has 5 heteroatoms. The average molecular weight is 231 g/mol. The van der Waals surface area contributed by atoms with Gasteiger partial charge in [-0.3, -0.25) is 4.79 Å². The van der Waals surface area contributed by atoms with Crippen LogP contribution in [0.25, 0.3) is 0 Å². The Hall–Kier alpha value is -1.70. The van der Waals surface area contributed by atoms with Gasteiger partial charge < -0.3 is 5.32 Å². The Kier molecular flexibility index (Phi) is 6.01. The summed E-state index contributed by atoms with van der Waals surface area (Å²) in [5.74, 6) is 0.137. The summed E-state index contributed by atoms with van der Waals surface area (Å²) < 4.78 is 35.4. The highest BCUT2D eigenvalue weighted by Crippen LogP contribution is 2.14. The molecule has 0 fully saturated rings. The number of carbonyl (C=O) groups excluding carboxylic acids is 1. The summed E-state index contributed by atoms with van der Waals surface area (Å²) in [6.07, 6.45) is 6.41. The van der Waals surface area contributed by atoms with Gasteiger partial charge in [-0.05, 0) is 12.0 Å². The van der Waals surface area contributed by atoms with Crippen molar-refractivity contribution in [3.63, 3.8) is 0 Å². The quantitative estimate of drug-likeness (QED) is 0.582. The summed E-state index contributed by atoms with van der Waals surface area (Å²) in [7, 11) is 0. The molecule has 0 heterocycles. The minimum Gasteiger partial charge on any atom is -0.348 e. The van der Waals surface area contributed by atoms with Crippen molar-refractivity contribution in [2.45, 2.75) is 13.1 Å². The van der Waals surface area contributed by atoms with E-state index in [1.165, 1.54) is 6.08 Å². The van der Waals surface area contributed by atoms with Gasteiger partial charge in [0.1, 0.15) is 0 Å². The number of hydrogen-bond acceptors (Lipinski definition) is 1. The first-order valence-electron chi connectivity index (χ1n) is 4.52. The van der Waals surface area contributed by atoms with Crippen molar-refractivity contribution >= 4 is 5.91 Å². The van der Waals surface area contributed by atoms with Gasteiger partial charge in [0.2, 0.25) is 0 Å². The standard InChI is InChI=1S/C11H12F3NO/c1-3-4-5-6-7-9(2)8-15-10(16)11(12,13)14/h1,4-7,9H,8H2,2H3,(H,15,16)/b5-4+,7-6+/t9-/m1/s1.